The van der Waals surface area contributed by atoms with Crippen molar-refractivity contribution in [1.29, 1.82) is 0 Å². The normalized spacial score (nSPS) is 11.1. The summed E-state index contributed by atoms with van der Waals surface area (Å²) in [6, 6.07) is 27.7. The van der Waals surface area contributed by atoms with Gasteiger partial charge in [0.1, 0.15) is 5.75 Å². The molecule has 0 aliphatic heterocycles. The lowest BCUT2D eigenvalue weighted by Gasteiger charge is -2.33. The van der Waals surface area contributed by atoms with Gasteiger partial charge >= 0.3 is 0 Å². The van der Waals surface area contributed by atoms with E-state index in [4.69, 9.17) is 4.74 Å². The fourth-order valence-corrected chi connectivity index (χ4v) is 3.84. The lowest BCUT2D eigenvalue weighted by molar-refractivity contribution is 0.415. The Balaban J connectivity index is 1.77. The van der Waals surface area contributed by atoms with Gasteiger partial charge in [-0.25, -0.2) is 4.98 Å². The number of imidazole rings is 1. The summed E-state index contributed by atoms with van der Waals surface area (Å²) < 4.78 is 5.34. The van der Waals surface area contributed by atoms with Crippen LogP contribution in [0.15, 0.2) is 96.1 Å². The first-order valence-corrected chi connectivity index (χ1v) is 10.2. The molecule has 2 heterocycles. The highest BCUT2D eigenvalue weighted by Crippen LogP contribution is 2.38. The van der Waals surface area contributed by atoms with Crippen molar-refractivity contribution >= 4 is 22.8 Å². The second-order valence-electron chi connectivity index (χ2n) is 7.28. The smallest absolute Gasteiger partial charge is 0.278 e. The Hall–Kier alpha value is -4.39. The van der Waals surface area contributed by atoms with Crippen molar-refractivity contribution in [2.24, 2.45) is 0 Å². The van der Waals surface area contributed by atoms with Crippen molar-refractivity contribution in [1.82, 2.24) is 19.9 Å². The Kier molecular flexibility index (Phi) is 5.13. The molecule has 0 aliphatic rings. The Morgan fingerprint density at radius 2 is 1.50 bits per heavy atom. The summed E-state index contributed by atoms with van der Waals surface area (Å²) in [5, 5.41) is 0. The molecule has 2 N–H and O–H groups in total. The van der Waals surface area contributed by atoms with E-state index in [-0.39, 0.29) is 11.6 Å². The Morgan fingerprint density at radius 3 is 2.09 bits per heavy atom. The maximum atomic E-state index is 12.8. The largest absolute Gasteiger partial charge is 0.497 e. The minimum Gasteiger partial charge on any atom is -0.497 e. The molecule has 5 aromatic rings. The number of benzene rings is 3. The number of nitrogens with zero attached hydrogens (tertiary/aromatic N) is 3. The van der Waals surface area contributed by atoms with Gasteiger partial charge in [0.15, 0.2) is 11.2 Å². The number of H-pyrrole nitrogens is 2. The molecule has 5 rings (SSSR count). The molecule has 0 saturated carbocycles. The lowest BCUT2D eigenvalue weighted by Crippen LogP contribution is -2.28. The summed E-state index contributed by atoms with van der Waals surface area (Å²) in [6.45, 7) is 0. The minimum absolute atomic E-state index is 0.245. The van der Waals surface area contributed by atoms with Crippen LogP contribution in [-0.4, -0.2) is 27.0 Å². The van der Waals surface area contributed by atoms with Crippen LogP contribution in [0.25, 0.3) is 11.2 Å². The number of hydrogen-bond acceptors (Lipinski definition) is 5. The van der Waals surface area contributed by atoms with Crippen molar-refractivity contribution < 1.29 is 4.74 Å². The topological polar surface area (TPSA) is 86.9 Å². The molecule has 0 saturated heterocycles. The van der Waals surface area contributed by atoms with Crippen LogP contribution in [0.1, 0.15) is 17.2 Å². The molecule has 7 heteroatoms. The summed E-state index contributed by atoms with van der Waals surface area (Å²) in [4.78, 5) is 29.5. The van der Waals surface area contributed by atoms with Gasteiger partial charge in [0.2, 0.25) is 5.95 Å². The van der Waals surface area contributed by atoms with Crippen LogP contribution < -0.4 is 15.2 Å². The van der Waals surface area contributed by atoms with Gasteiger partial charge in [-0.3, -0.25) is 9.78 Å². The summed E-state index contributed by atoms with van der Waals surface area (Å²) in [6.07, 6.45) is 1.47. The maximum Gasteiger partial charge on any atom is 0.278 e. The molecule has 2 aromatic heterocycles. The molecule has 0 aliphatic carbocycles. The fourth-order valence-electron chi connectivity index (χ4n) is 3.84. The molecule has 0 fully saturated rings. The van der Waals surface area contributed by atoms with Gasteiger partial charge in [0, 0.05) is 5.69 Å². The van der Waals surface area contributed by atoms with E-state index in [0.29, 0.717) is 17.1 Å². The van der Waals surface area contributed by atoms with Crippen LogP contribution >= 0.6 is 0 Å². The van der Waals surface area contributed by atoms with Crippen molar-refractivity contribution in [3.05, 3.63) is 113 Å². The third-order valence-electron chi connectivity index (χ3n) is 5.35. The third kappa shape index (κ3) is 3.60. The number of nitrogens with one attached hydrogen (secondary N) is 2. The quantitative estimate of drug-likeness (QED) is 0.417. The molecule has 0 spiro atoms. The van der Waals surface area contributed by atoms with Gasteiger partial charge < -0.3 is 14.6 Å². The number of ether oxygens (including phenoxy) is 1. The van der Waals surface area contributed by atoms with Gasteiger partial charge in [0.25, 0.3) is 5.56 Å². The third-order valence-corrected chi connectivity index (χ3v) is 5.35. The van der Waals surface area contributed by atoms with Crippen molar-refractivity contribution in [3.63, 3.8) is 0 Å². The van der Waals surface area contributed by atoms with E-state index in [1.165, 1.54) is 6.33 Å². The summed E-state index contributed by atoms with van der Waals surface area (Å²) in [5.41, 5.74) is 3.39. The molecule has 7 nitrogen and oxygen atoms in total. The molecule has 158 valence electrons. The van der Waals surface area contributed by atoms with Gasteiger partial charge in [-0.15, -0.1) is 0 Å². The van der Waals surface area contributed by atoms with Crippen LogP contribution in [0.5, 0.6) is 5.75 Å². The molecule has 0 bridgehead atoms. The monoisotopic (exact) mass is 423 g/mol. The lowest BCUT2D eigenvalue weighted by atomic mass is 9.96. The Labute approximate surface area is 184 Å². The number of fused-ring (bicyclic) bond motifs is 1. The van der Waals surface area contributed by atoms with Gasteiger partial charge in [-0.1, -0.05) is 60.7 Å². The molecular weight excluding hydrogens is 402 g/mol. The van der Waals surface area contributed by atoms with Crippen LogP contribution in [0, 0.1) is 0 Å². The molecule has 0 radical (unpaired) electrons. The molecule has 32 heavy (non-hydrogen) atoms. The van der Waals surface area contributed by atoms with Gasteiger partial charge in [0.05, 0.1) is 19.5 Å². The average molecular weight is 423 g/mol. The highest BCUT2D eigenvalue weighted by atomic mass is 16.5. The van der Waals surface area contributed by atoms with Crippen molar-refractivity contribution in [3.8, 4) is 5.75 Å². The van der Waals surface area contributed by atoms with Crippen LogP contribution in [-0.2, 0) is 0 Å². The van der Waals surface area contributed by atoms with Crippen LogP contribution in [0.4, 0.5) is 11.6 Å². The number of rotatable bonds is 6. The highest BCUT2D eigenvalue weighted by Gasteiger charge is 2.27. The average Bonchev–Trinajstić information content (AvgIpc) is 3.33. The number of anilines is 2. The van der Waals surface area contributed by atoms with E-state index in [0.717, 1.165) is 22.6 Å². The van der Waals surface area contributed by atoms with Crippen molar-refractivity contribution in [2.75, 3.05) is 12.0 Å². The first-order valence-electron chi connectivity index (χ1n) is 10.2. The van der Waals surface area contributed by atoms with E-state index in [1.54, 1.807) is 7.11 Å². The maximum absolute atomic E-state index is 12.8. The number of hydrogen-bond donors (Lipinski definition) is 2. The van der Waals surface area contributed by atoms with E-state index in [1.807, 2.05) is 65.6 Å². The summed E-state index contributed by atoms with van der Waals surface area (Å²) >= 11 is 0. The zero-order valence-electron chi connectivity index (χ0n) is 17.4. The van der Waals surface area contributed by atoms with Crippen molar-refractivity contribution in [2.45, 2.75) is 6.04 Å². The zero-order valence-corrected chi connectivity index (χ0v) is 17.4. The molecule has 0 amide bonds. The van der Waals surface area contributed by atoms with E-state index < -0.39 is 0 Å². The van der Waals surface area contributed by atoms with Gasteiger partial charge in [-0.2, -0.15) is 4.98 Å². The summed E-state index contributed by atoms with van der Waals surface area (Å²) in [5.74, 6) is 1.14. The van der Waals surface area contributed by atoms with Gasteiger partial charge in [-0.05, 0) is 35.4 Å². The van der Waals surface area contributed by atoms with Crippen LogP contribution in [0.2, 0.25) is 0 Å². The Morgan fingerprint density at radius 1 is 0.875 bits per heavy atom. The molecule has 0 atom stereocenters. The van der Waals surface area contributed by atoms with E-state index >= 15 is 0 Å². The van der Waals surface area contributed by atoms with E-state index in [2.05, 4.69) is 44.2 Å². The highest BCUT2D eigenvalue weighted by molar-refractivity contribution is 5.72. The second kappa shape index (κ2) is 8.39. The molecule has 0 unspecified atom stereocenters. The molecule has 3 aromatic carbocycles. The standard InChI is InChI=1S/C25H21N5O2/c1-32-20-14-12-19(13-15-20)30(25-28-23-21(24(31)29-25)26-16-27-23)22(17-8-4-2-5-9-17)18-10-6-3-7-11-18/h2-16,22H,1H3,(H2,26,27,28,29,31). The number of aromatic amines is 2. The SMILES string of the molecule is COc1ccc(N(c2nc3nc[nH]c3c(=O)[nH]2)C(c2ccccc2)c2ccccc2)cc1. The fraction of sp³-hybridized carbons (Fsp3) is 0.0800. The minimum atomic E-state index is -0.277. The number of aromatic nitrogens is 4. The predicted molar refractivity (Wildman–Crippen MR) is 124 cm³/mol. The predicted octanol–water partition coefficient (Wildman–Crippen LogP) is 4.58. The zero-order chi connectivity index (χ0) is 21.9. The first kappa shape index (κ1) is 19.6. The van der Waals surface area contributed by atoms with E-state index in [9.17, 15) is 4.79 Å². The Bertz CT molecular complexity index is 1340. The second-order valence-corrected chi connectivity index (χ2v) is 7.28. The van der Waals surface area contributed by atoms with Crippen LogP contribution in [0.3, 0.4) is 0 Å². The summed E-state index contributed by atoms with van der Waals surface area (Å²) in [7, 11) is 1.63. The first-order chi connectivity index (χ1) is 15.7. The number of methoxy groups -OCH3 is 1. The molecular formula is C25H21N5O2.